The number of rotatable bonds is 3. The first kappa shape index (κ1) is 7.84. The zero-order chi connectivity index (χ0) is 7.40. The Balaban J connectivity index is 2.04. The Morgan fingerprint density at radius 2 is 2.10 bits per heavy atom. The molecule has 0 spiro atoms. The molecule has 0 heteroatoms. The number of allylic oxidation sites excluding steroid dienone is 2. The van der Waals surface area contributed by atoms with E-state index in [0.717, 1.165) is 11.8 Å². The van der Waals surface area contributed by atoms with Gasteiger partial charge >= 0.3 is 0 Å². The van der Waals surface area contributed by atoms with Crippen molar-refractivity contribution in [2.45, 2.75) is 39.5 Å². The topological polar surface area (TPSA) is 0 Å². The SMILES string of the molecule is CC(C)CC=CC1CCC1. The summed E-state index contributed by atoms with van der Waals surface area (Å²) in [7, 11) is 0. The van der Waals surface area contributed by atoms with Crippen molar-refractivity contribution in [1.82, 2.24) is 0 Å². The molecule has 1 rings (SSSR count). The summed E-state index contributed by atoms with van der Waals surface area (Å²) in [5, 5.41) is 0. The van der Waals surface area contributed by atoms with Crippen molar-refractivity contribution < 1.29 is 0 Å². The van der Waals surface area contributed by atoms with Crippen molar-refractivity contribution in [3.05, 3.63) is 12.2 Å². The number of hydrogen-bond acceptors (Lipinski definition) is 0. The van der Waals surface area contributed by atoms with Gasteiger partial charge in [0.05, 0.1) is 0 Å². The molecule has 1 aliphatic carbocycles. The summed E-state index contributed by atoms with van der Waals surface area (Å²) in [5.74, 6) is 1.77. The fraction of sp³-hybridized carbons (Fsp3) is 0.800. The molecule has 0 nitrogen and oxygen atoms in total. The van der Waals surface area contributed by atoms with Crippen LogP contribution in [0, 0.1) is 11.8 Å². The van der Waals surface area contributed by atoms with Crippen molar-refractivity contribution in [3.63, 3.8) is 0 Å². The van der Waals surface area contributed by atoms with Crippen LogP contribution in [0.15, 0.2) is 12.2 Å². The van der Waals surface area contributed by atoms with E-state index in [9.17, 15) is 0 Å². The molecule has 0 radical (unpaired) electrons. The van der Waals surface area contributed by atoms with E-state index in [1.165, 1.54) is 25.7 Å². The van der Waals surface area contributed by atoms with E-state index in [0.29, 0.717) is 0 Å². The smallest absolute Gasteiger partial charge is 0.0234 e. The fourth-order valence-corrected chi connectivity index (χ4v) is 1.18. The van der Waals surface area contributed by atoms with Gasteiger partial charge in [0.15, 0.2) is 0 Å². The Morgan fingerprint density at radius 1 is 1.40 bits per heavy atom. The van der Waals surface area contributed by atoms with Gasteiger partial charge in [0.2, 0.25) is 0 Å². The predicted octanol–water partition coefficient (Wildman–Crippen LogP) is 3.39. The van der Waals surface area contributed by atoms with E-state index < -0.39 is 0 Å². The average Bonchev–Trinajstić information content (AvgIpc) is 1.75. The molecule has 0 bridgehead atoms. The summed E-state index contributed by atoms with van der Waals surface area (Å²) in [6, 6.07) is 0. The van der Waals surface area contributed by atoms with Crippen molar-refractivity contribution in [3.8, 4) is 0 Å². The minimum atomic E-state index is 0.830. The van der Waals surface area contributed by atoms with E-state index in [1.807, 2.05) is 0 Å². The molecule has 1 fully saturated rings. The van der Waals surface area contributed by atoms with Crippen LogP contribution in [0.2, 0.25) is 0 Å². The summed E-state index contributed by atoms with van der Waals surface area (Å²) in [5.41, 5.74) is 0. The first-order valence-electron chi connectivity index (χ1n) is 4.45. The van der Waals surface area contributed by atoms with Crippen LogP contribution in [0.5, 0.6) is 0 Å². The monoisotopic (exact) mass is 138 g/mol. The molecule has 10 heavy (non-hydrogen) atoms. The van der Waals surface area contributed by atoms with Crippen LogP contribution in [0.4, 0.5) is 0 Å². The molecule has 0 saturated heterocycles. The summed E-state index contributed by atoms with van der Waals surface area (Å²) in [4.78, 5) is 0. The van der Waals surface area contributed by atoms with Crippen molar-refractivity contribution in [1.29, 1.82) is 0 Å². The van der Waals surface area contributed by atoms with Crippen LogP contribution < -0.4 is 0 Å². The van der Waals surface area contributed by atoms with Crippen molar-refractivity contribution in [2.75, 3.05) is 0 Å². The molecule has 0 atom stereocenters. The molecule has 0 aromatic rings. The van der Waals surface area contributed by atoms with Gasteiger partial charge in [-0.1, -0.05) is 32.4 Å². The Labute approximate surface area is 64.3 Å². The third kappa shape index (κ3) is 2.55. The highest BCUT2D eigenvalue weighted by molar-refractivity contribution is 4.92. The molecule has 0 amide bonds. The van der Waals surface area contributed by atoms with Gasteiger partial charge in [-0.25, -0.2) is 0 Å². The highest BCUT2D eigenvalue weighted by atomic mass is 14.2. The van der Waals surface area contributed by atoms with Gasteiger partial charge in [0.25, 0.3) is 0 Å². The molecule has 0 aromatic carbocycles. The first-order valence-corrected chi connectivity index (χ1v) is 4.45. The summed E-state index contributed by atoms with van der Waals surface area (Å²) in [6.07, 6.45) is 10.4. The second-order valence-electron chi connectivity index (χ2n) is 3.75. The minimum Gasteiger partial charge on any atom is -0.0880 e. The quantitative estimate of drug-likeness (QED) is 0.524. The van der Waals surface area contributed by atoms with Crippen LogP contribution in [0.25, 0.3) is 0 Å². The Morgan fingerprint density at radius 3 is 2.50 bits per heavy atom. The normalized spacial score (nSPS) is 20.3. The molecule has 0 N–H and O–H groups in total. The summed E-state index contributed by atoms with van der Waals surface area (Å²) < 4.78 is 0. The number of hydrogen-bond donors (Lipinski definition) is 0. The van der Waals surface area contributed by atoms with Crippen LogP contribution >= 0.6 is 0 Å². The molecule has 58 valence electrons. The van der Waals surface area contributed by atoms with Gasteiger partial charge in [0.1, 0.15) is 0 Å². The van der Waals surface area contributed by atoms with Crippen LogP contribution in [-0.4, -0.2) is 0 Å². The first-order chi connectivity index (χ1) is 4.79. The fourth-order valence-electron chi connectivity index (χ4n) is 1.18. The van der Waals surface area contributed by atoms with E-state index in [-0.39, 0.29) is 0 Å². The maximum absolute atomic E-state index is 2.41. The van der Waals surface area contributed by atoms with Crippen molar-refractivity contribution in [2.24, 2.45) is 11.8 Å². The molecule has 0 unspecified atom stereocenters. The van der Waals surface area contributed by atoms with E-state index >= 15 is 0 Å². The largest absolute Gasteiger partial charge is 0.0880 e. The molecular weight excluding hydrogens is 120 g/mol. The molecule has 0 heterocycles. The predicted molar refractivity (Wildman–Crippen MR) is 45.9 cm³/mol. The molecule has 0 aromatic heterocycles. The zero-order valence-corrected chi connectivity index (χ0v) is 7.14. The van der Waals surface area contributed by atoms with Crippen molar-refractivity contribution >= 4 is 0 Å². The third-order valence-electron chi connectivity index (χ3n) is 2.17. The highest BCUT2D eigenvalue weighted by Crippen LogP contribution is 2.27. The van der Waals surface area contributed by atoms with Gasteiger partial charge in [0, 0.05) is 0 Å². The molecule has 1 aliphatic rings. The van der Waals surface area contributed by atoms with Crippen LogP contribution in [0.1, 0.15) is 39.5 Å². The van der Waals surface area contributed by atoms with Gasteiger partial charge in [-0.05, 0) is 31.1 Å². The third-order valence-corrected chi connectivity index (χ3v) is 2.17. The van der Waals surface area contributed by atoms with Crippen LogP contribution in [0.3, 0.4) is 0 Å². The van der Waals surface area contributed by atoms with Crippen LogP contribution in [-0.2, 0) is 0 Å². The van der Waals surface area contributed by atoms with Gasteiger partial charge in [-0.3, -0.25) is 0 Å². The van der Waals surface area contributed by atoms with E-state index in [1.54, 1.807) is 0 Å². The standard InChI is InChI=1S/C10H18/c1-9(2)5-3-6-10-7-4-8-10/h3,6,9-10H,4-5,7-8H2,1-2H3. The Bertz CT molecular complexity index is 107. The molecular formula is C10H18. The second-order valence-corrected chi connectivity index (χ2v) is 3.75. The second kappa shape index (κ2) is 3.80. The summed E-state index contributed by atoms with van der Waals surface area (Å²) >= 11 is 0. The van der Waals surface area contributed by atoms with E-state index in [2.05, 4.69) is 26.0 Å². The lowest BCUT2D eigenvalue weighted by atomic mass is 9.85. The lowest BCUT2D eigenvalue weighted by molar-refractivity contribution is 0.386. The van der Waals surface area contributed by atoms with Gasteiger partial charge < -0.3 is 0 Å². The average molecular weight is 138 g/mol. The maximum atomic E-state index is 2.41. The van der Waals surface area contributed by atoms with Gasteiger partial charge in [-0.2, -0.15) is 0 Å². The Hall–Kier alpha value is -0.260. The summed E-state index contributed by atoms with van der Waals surface area (Å²) in [6.45, 7) is 4.54. The highest BCUT2D eigenvalue weighted by Gasteiger charge is 2.12. The zero-order valence-electron chi connectivity index (χ0n) is 7.14. The lowest BCUT2D eigenvalue weighted by Gasteiger charge is -2.21. The maximum Gasteiger partial charge on any atom is -0.0234 e. The van der Waals surface area contributed by atoms with Gasteiger partial charge in [-0.15, -0.1) is 0 Å². The molecule has 0 aliphatic heterocycles. The minimum absolute atomic E-state index is 0.830. The molecule has 1 saturated carbocycles. The Kier molecular flexibility index (Phi) is 2.98. The lowest BCUT2D eigenvalue weighted by Crippen LogP contribution is -2.06. The van der Waals surface area contributed by atoms with E-state index in [4.69, 9.17) is 0 Å².